The minimum Gasteiger partial charge on any atom is -0.395 e. The Balaban J connectivity index is 0.00000400. The first-order valence-electron chi connectivity index (χ1n) is 7.14. The summed E-state index contributed by atoms with van der Waals surface area (Å²) in [5.74, 6) is 0.376. The third kappa shape index (κ3) is 6.91. The van der Waals surface area contributed by atoms with Crippen molar-refractivity contribution in [2.75, 3.05) is 6.54 Å². The fourth-order valence-corrected chi connectivity index (χ4v) is 2.57. The topological polar surface area (TPSA) is 95.5 Å². The number of rotatable bonds is 7. The van der Waals surface area contributed by atoms with Crippen LogP contribution in [0.5, 0.6) is 0 Å². The second-order valence-electron chi connectivity index (χ2n) is 5.63. The van der Waals surface area contributed by atoms with Gasteiger partial charge in [-0.1, -0.05) is 19.4 Å². The van der Waals surface area contributed by atoms with Crippen LogP contribution >= 0.6 is 12.4 Å². The van der Waals surface area contributed by atoms with Gasteiger partial charge in [0, 0.05) is 5.57 Å². The number of carbonyl (C=O) groups excluding carboxylic acids is 1. The van der Waals surface area contributed by atoms with E-state index in [-0.39, 0.29) is 24.4 Å². The predicted octanol–water partition coefficient (Wildman–Crippen LogP) is 2.68. The second-order valence-corrected chi connectivity index (χ2v) is 5.63. The van der Waals surface area contributed by atoms with Crippen molar-refractivity contribution in [3.63, 3.8) is 0 Å². The molecule has 2 N–H and O–H groups in total. The van der Waals surface area contributed by atoms with Crippen LogP contribution in [-0.4, -0.2) is 23.7 Å². The molecule has 0 heterocycles. The molecule has 0 aromatic heterocycles. The number of ether oxygens (including phenoxy) is 1. The van der Waals surface area contributed by atoms with Gasteiger partial charge in [-0.2, -0.15) is 0 Å². The van der Waals surface area contributed by atoms with Gasteiger partial charge in [-0.05, 0) is 44.6 Å². The fraction of sp³-hybridized carbons (Fsp3) is 0.786. The number of carbonyl (C=O) groups is 1. The van der Waals surface area contributed by atoms with Crippen molar-refractivity contribution in [3.8, 4) is 0 Å². The normalized spacial score (nSPS) is 22.8. The molecule has 21 heavy (non-hydrogen) atoms. The van der Waals surface area contributed by atoms with Crippen LogP contribution < -0.4 is 5.73 Å². The molecule has 7 heteroatoms. The molecule has 0 saturated heterocycles. The number of nitrogens with zero attached hydrogens (tertiary/aromatic N) is 1. The minimum absolute atomic E-state index is 0. The maximum atomic E-state index is 11.4. The summed E-state index contributed by atoms with van der Waals surface area (Å²) >= 11 is 0. The standard InChI is InChI=1S/C14H24N2O4.ClH/c1-10(2)14(17)20-13(16(18)19)8-7-11-3-5-12(9-15)6-4-11;/h11-13H,1,3-9,15H2,2H3;1H/t11-,12-,13?;. The molecule has 1 aliphatic rings. The number of hydrogen-bond donors (Lipinski definition) is 1. The van der Waals surface area contributed by atoms with Crippen LogP contribution in [0, 0.1) is 22.0 Å². The summed E-state index contributed by atoms with van der Waals surface area (Å²) < 4.78 is 4.85. The van der Waals surface area contributed by atoms with E-state index in [9.17, 15) is 14.9 Å². The van der Waals surface area contributed by atoms with E-state index < -0.39 is 17.1 Å². The van der Waals surface area contributed by atoms with Crippen LogP contribution in [0.4, 0.5) is 0 Å². The highest BCUT2D eigenvalue weighted by atomic mass is 35.5. The zero-order valence-electron chi connectivity index (χ0n) is 12.5. The average molecular weight is 321 g/mol. The molecule has 122 valence electrons. The molecule has 0 spiro atoms. The molecule has 1 aliphatic carbocycles. The molecule has 0 aromatic carbocycles. The van der Waals surface area contributed by atoms with Gasteiger partial charge in [0.1, 0.15) is 0 Å². The van der Waals surface area contributed by atoms with Crippen LogP contribution in [0.2, 0.25) is 0 Å². The number of halogens is 1. The Morgan fingerprint density at radius 2 is 1.90 bits per heavy atom. The van der Waals surface area contributed by atoms with E-state index >= 15 is 0 Å². The second kappa shape index (κ2) is 9.73. The summed E-state index contributed by atoms with van der Waals surface area (Å²) in [5, 5.41) is 10.9. The van der Waals surface area contributed by atoms with Gasteiger partial charge >= 0.3 is 12.2 Å². The monoisotopic (exact) mass is 320 g/mol. The summed E-state index contributed by atoms with van der Waals surface area (Å²) in [6.07, 6.45) is 4.02. The highest BCUT2D eigenvalue weighted by Gasteiger charge is 2.28. The molecule has 6 nitrogen and oxygen atoms in total. The van der Waals surface area contributed by atoms with Gasteiger partial charge in [0.25, 0.3) is 0 Å². The third-order valence-electron chi connectivity index (χ3n) is 3.95. The van der Waals surface area contributed by atoms with E-state index in [1.165, 1.54) is 6.92 Å². The van der Waals surface area contributed by atoms with Crippen LogP contribution in [-0.2, 0) is 9.53 Å². The van der Waals surface area contributed by atoms with E-state index in [0.29, 0.717) is 18.3 Å². The molecule has 1 fully saturated rings. The highest BCUT2D eigenvalue weighted by Crippen LogP contribution is 2.31. The van der Waals surface area contributed by atoms with Crippen LogP contribution in [0.1, 0.15) is 45.4 Å². The van der Waals surface area contributed by atoms with Gasteiger partial charge in [0.2, 0.25) is 0 Å². The summed E-state index contributed by atoms with van der Waals surface area (Å²) in [6, 6.07) is 0. The Kier molecular flexibility index (Phi) is 9.21. The molecular weight excluding hydrogens is 296 g/mol. The largest absolute Gasteiger partial charge is 0.395 e. The van der Waals surface area contributed by atoms with Gasteiger partial charge < -0.3 is 10.5 Å². The van der Waals surface area contributed by atoms with Crippen molar-refractivity contribution in [2.45, 2.75) is 51.7 Å². The smallest absolute Gasteiger partial charge is 0.356 e. The molecule has 0 aliphatic heterocycles. The maximum Gasteiger partial charge on any atom is 0.356 e. The molecule has 0 amide bonds. The van der Waals surface area contributed by atoms with Crippen LogP contribution in [0.25, 0.3) is 0 Å². The quantitative estimate of drug-likeness (QED) is 0.256. The predicted molar refractivity (Wildman–Crippen MR) is 82.7 cm³/mol. The Morgan fingerprint density at radius 1 is 1.38 bits per heavy atom. The summed E-state index contributed by atoms with van der Waals surface area (Å²) in [5.41, 5.74) is 5.82. The van der Waals surface area contributed by atoms with Gasteiger partial charge in [0.05, 0.1) is 11.3 Å². The van der Waals surface area contributed by atoms with Crippen molar-refractivity contribution in [1.29, 1.82) is 0 Å². The lowest BCUT2D eigenvalue weighted by atomic mass is 9.80. The molecule has 1 atom stereocenters. The Labute approximate surface area is 131 Å². The van der Waals surface area contributed by atoms with Gasteiger partial charge in [-0.3, -0.25) is 10.1 Å². The Hall–Kier alpha value is -1.14. The number of hydrogen-bond acceptors (Lipinski definition) is 5. The van der Waals surface area contributed by atoms with E-state index in [0.717, 1.165) is 32.2 Å². The molecule has 1 saturated carbocycles. The van der Waals surface area contributed by atoms with Gasteiger partial charge in [0.15, 0.2) is 0 Å². The third-order valence-corrected chi connectivity index (χ3v) is 3.95. The highest BCUT2D eigenvalue weighted by molar-refractivity contribution is 5.87. The summed E-state index contributed by atoms with van der Waals surface area (Å²) in [7, 11) is 0. The van der Waals surface area contributed by atoms with E-state index in [2.05, 4.69) is 6.58 Å². The lowest BCUT2D eigenvalue weighted by Crippen LogP contribution is -2.28. The summed E-state index contributed by atoms with van der Waals surface area (Å²) in [6.45, 7) is 5.63. The molecular formula is C14H25ClN2O4. The first-order valence-corrected chi connectivity index (χ1v) is 7.14. The van der Waals surface area contributed by atoms with Gasteiger partial charge in [-0.25, -0.2) is 4.79 Å². The average Bonchev–Trinajstić information content (AvgIpc) is 2.43. The van der Waals surface area contributed by atoms with E-state index in [4.69, 9.17) is 10.5 Å². The maximum absolute atomic E-state index is 11.4. The Bertz CT molecular complexity index is 368. The number of nitro groups is 1. The first kappa shape index (κ1) is 19.9. The van der Waals surface area contributed by atoms with E-state index in [1.54, 1.807) is 0 Å². The fourth-order valence-electron chi connectivity index (χ4n) is 2.57. The van der Waals surface area contributed by atoms with Crippen molar-refractivity contribution in [2.24, 2.45) is 17.6 Å². The van der Waals surface area contributed by atoms with Crippen molar-refractivity contribution in [3.05, 3.63) is 22.3 Å². The van der Waals surface area contributed by atoms with Crippen molar-refractivity contribution < 1.29 is 14.5 Å². The minimum atomic E-state index is -1.26. The molecule has 1 unspecified atom stereocenters. The molecule has 1 rings (SSSR count). The SMILES string of the molecule is C=C(C)C(=O)OC(CC[C@H]1CC[C@H](CN)CC1)[N+](=O)[O-].Cl. The zero-order valence-corrected chi connectivity index (χ0v) is 13.3. The van der Waals surface area contributed by atoms with Crippen molar-refractivity contribution in [1.82, 2.24) is 0 Å². The van der Waals surface area contributed by atoms with Crippen molar-refractivity contribution >= 4 is 18.4 Å². The van der Waals surface area contributed by atoms with E-state index in [1.807, 2.05) is 0 Å². The first-order chi connectivity index (χ1) is 9.43. The summed E-state index contributed by atoms with van der Waals surface area (Å²) in [4.78, 5) is 21.7. The molecule has 0 aromatic rings. The molecule has 0 radical (unpaired) electrons. The number of nitrogens with two attached hydrogens (primary N) is 1. The Morgan fingerprint density at radius 3 is 2.33 bits per heavy atom. The van der Waals surface area contributed by atoms with Gasteiger partial charge in [-0.15, -0.1) is 12.4 Å². The lowest BCUT2D eigenvalue weighted by molar-refractivity contribution is -0.569. The van der Waals surface area contributed by atoms with Crippen LogP contribution in [0.3, 0.4) is 0 Å². The lowest BCUT2D eigenvalue weighted by Gasteiger charge is -2.27. The zero-order chi connectivity index (χ0) is 15.1. The molecule has 0 bridgehead atoms. The van der Waals surface area contributed by atoms with Crippen LogP contribution in [0.15, 0.2) is 12.2 Å². The number of esters is 1.